The predicted molar refractivity (Wildman–Crippen MR) is 252 cm³/mol. The number of alkyl halides is 3. The molecule has 1 heterocycles. The second kappa shape index (κ2) is 15.7. The van der Waals surface area contributed by atoms with Gasteiger partial charge in [-0.3, -0.25) is 0 Å². The lowest BCUT2D eigenvalue weighted by molar-refractivity contribution is -0.0499. The lowest BCUT2D eigenvalue weighted by Gasteiger charge is -2.31. The fourth-order valence-corrected chi connectivity index (χ4v) is 10.5. The van der Waals surface area contributed by atoms with Crippen molar-refractivity contribution in [3.05, 3.63) is 170 Å². The van der Waals surface area contributed by atoms with Crippen LogP contribution < -0.4 is 24.4 Å². The van der Waals surface area contributed by atoms with E-state index in [0.29, 0.717) is 17.1 Å². The molecule has 0 aliphatic carbocycles. The normalized spacial score (nSPS) is 12.5. The highest BCUT2D eigenvalue weighted by Gasteiger charge is 2.49. The van der Waals surface area contributed by atoms with Crippen LogP contribution in [0.3, 0.4) is 0 Å². The fourth-order valence-electron chi connectivity index (χ4n) is 7.68. The number of hydrogen-bond acceptors (Lipinski definition) is 5. The number of aromatic nitrogens is 1. The van der Waals surface area contributed by atoms with E-state index in [0.717, 1.165) is 38.9 Å². The molecule has 61 heavy (non-hydrogen) atoms. The van der Waals surface area contributed by atoms with Gasteiger partial charge < -0.3 is 18.6 Å². The quantitative estimate of drug-likeness (QED) is 0.0736. The van der Waals surface area contributed by atoms with E-state index in [-0.39, 0.29) is 5.69 Å². The van der Waals surface area contributed by atoms with Gasteiger partial charge in [-0.2, -0.15) is 21.6 Å². The zero-order valence-corrected chi connectivity index (χ0v) is 37.6. The summed E-state index contributed by atoms with van der Waals surface area (Å²) in [4.78, 5) is 3.78. The SMILES string of the molecule is C[Si](C)(C)c1ccc(N(c2ccc(OS(=O)(=O)C(F)(F)F)c(N(c3ccccc3)c3ccc([Si](C)(C)C)cc3)c2)c2ccc3c4ccccc4n(-c4ccccc4)c3c2)cc1. The molecule has 6 nitrogen and oxygen atoms in total. The van der Waals surface area contributed by atoms with E-state index in [4.69, 9.17) is 4.18 Å². The molecule has 0 aliphatic rings. The molecule has 8 rings (SSSR count). The van der Waals surface area contributed by atoms with E-state index < -0.39 is 37.5 Å². The Morgan fingerprint density at radius 1 is 0.492 bits per heavy atom. The van der Waals surface area contributed by atoms with Crippen LogP contribution in [0.25, 0.3) is 27.5 Å². The van der Waals surface area contributed by atoms with Crippen LogP contribution in [0.1, 0.15) is 0 Å². The summed E-state index contributed by atoms with van der Waals surface area (Å²) in [6, 6.07) is 54.7. The van der Waals surface area contributed by atoms with Gasteiger partial charge in [0.2, 0.25) is 0 Å². The van der Waals surface area contributed by atoms with Crippen LogP contribution in [-0.4, -0.2) is 34.6 Å². The lowest BCUT2D eigenvalue weighted by atomic mass is 10.1. The van der Waals surface area contributed by atoms with Crippen LogP contribution in [0, 0.1) is 0 Å². The van der Waals surface area contributed by atoms with E-state index in [1.807, 2.05) is 95.9 Å². The second-order valence-corrected chi connectivity index (χ2v) is 28.8. The zero-order valence-electron chi connectivity index (χ0n) is 34.8. The van der Waals surface area contributed by atoms with Gasteiger partial charge in [0.1, 0.15) is 0 Å². The molecule has 0 unspecified atom stereocenters. The average molecular weight is 870 g/mol. The number of nitrogens with zero attached hydrogens (tertiary/aromatic N) is 3. The highest BCUT2D eigenvalue weighted by Crippen LogP contribution is 2.47. The van der Waals surface area contributed by atoms with Crippen molar-refractivity contribution in [1.29, 1.82) is 0 Å². The highest BCUT2D eigenvalue weighted by molar-refractivity contribution is 7.88. The Labute approximate surface area is 357 Å². The summed E-state index contributed by atoms with van der Waals surface area (Å²) in [6.45, 7) is 13.5. The van der Waals surface area contributed by atoms with Crippen LogP contribution in [0.5, 0.6) is 5.75 Å². The fraction of sp³-hybridized carbons (Fsp3) is 0.143. The molecule has 7 aromatic carbocycles. The molecule has 0 atom stereocenters. The van der Waals surface area contributed by atoms with E-state index in [1.165, 1.54) is 16.4 Å². The summed E-state index contributed by atoms with van der Waals surface area (Å²) in [5, 5.41) is 4.59. The largest absolute Gasteiger partial charge is 0.534 e. The molecule has 0 saturated carbocycles. The Balaban J connectivity index is 1.40. The Bertz CT molecular complexity index is 2960. The Hall–Kier alpha value is -6.09. The van der Waals surface area contributed by atoms with Crippen molar-refractivity contribution in [2.45, 2.75) is 44.8 Å². The Kier molecular flexibility index (Phi) is 10.7. The first kappa shape index (κ1) is 41.6. The first-order valence-electron chi connectivity index (χ1n) is 20.0. The first-order chi connectivity index (χ1) is 28.9. The molecule has 0 bridgehead atoms. The van der Waals surface area contributed by atoms with Crippen molar-refractivity contribution in [2.24, 2.45) is 0 Å². The minimum Gasteiger partial charge on any atom is -0.374 e. The molecular formula is C49H46F3N3O3SSi2. The number of rotatable bonds is 11. The van der Waals surface area contributed by atoms with Crippen molar-refractivity contribution < 1.29 is 25.8 Å². The number of halogens is 3. The third kappa shape index (κ3) is 8.22. The molecular weight excluding hydrogens is 824 g/mol. The van der Waals surface area contributed by atoms with Crippen LogP contribution in [0.15, 0.2) is 170 Å². The van der Waals surface area contributed by atoms with Gasteiger partial charge in [0.25, 0.3) is 0 Å². The zero-order chi connectivity index (χ0) is 43.3. The number of para-hydroxylation sites is 3. The molecule has 8 aromatic rings. The number of hydrogen-bond donors (Lipinski definition) is 0. The number of fused-ring (bicyclic) bond motifs is 3. The van der Waals surface area contributed by atoms with Crippen LogP contribution in [-0.2, 0) is 10.1 Å². The molecule has 0 N–H and O–H groups in total. The summed E-state index contributed by atoms with van der Waals surface area (Å²) in [7, 11) is -9.50. The second-order valence-electron chi connectivity index (χ2n) is 17.1. The minimum absolute atomic E-state index is 0.0977. The van der Waals surface area contributed by atoms with Crippen molar-refractivity contribution >= 4 is 92.6 Å². The Morgan fingerprint density at radius 2 is 0.951 bits per heavy atom. The number of benzene rings is 7. The molecule has 1 aromatic heterocycles. The molecule has 0 fully saturated rings. The van der Waals surface area contributed by atoms with Gasteiger partial charge in [-0.1, -0.05) is 135 Å². The maximum Gasteiger partial charge on any atom is 0.534 e. The van der Waals surface area contributed by atoms with Crippen molar-refractivity contribution in [3.63, 3.8) is 0 Å². The van der Waals surface area contributed by atoms with E-state index in [1.54, 1.807) is 17.0 Å². The van der Waals surface area contributed by atoms with Gasteiger partial charge in [0.15, 0.2) is 5.75 Å². The topological polar surface area (TPSA) is 54.8 Å². The Morgan fingerprint density at radius 3 is 1.52 bits per heavy atom. The van der Waals surface area contributed by atoms with E-state index in [2.05, 4.69) is 105 Å². The van der Waals surface area contributed by atoms with Crippen molar-refractivity contribution in [2.75, 3.05) is 9.80 Å². The maximum absolute atomic E-state index is 14.1. The van der Waals surface area contributed by atoms with Crippen LogP contribution in [0.2, 0.25) is 39.3 Å². The van der Waals surface area contributed by atoms with Crippen molar-refractivity contribution in [3.8, 4) is 11.4 Å². The molecule has 0 aliphatic heterocycles. The van der Waals surface area contributed by atoms with Crippen molar-refractivity contribution in [1.82, 2.24) is 4.57 Å². The molecule has 12 heteroatoms. The monoisotopic (exact) mass is 869 g/mol. The molecule has 0 saturated heterocycles. The summed E-state index contributed by atoms with van der Waals surface area (Å²) < 4.78 is 75.0. The molecule has 310 valence electrons. The smallest absolute Gasteiger partial charge is 0.374 e. The van der Waals surface area contributed by atoms with Gasteiger partial charge in [-0.15, -0.1) is 0 Å². The van der Waals surface area contributed by atoms with Gasteiger partial charge >= 0.3 is 15.6 Å². The maximum atomic E-state index is 14.1. The van der Waals surface area contributed by atoms with Crippen LogP contribution >= 0.6 is 0 Å². The minimum atomic E-state index is -6.06. The number of anilines is 6. The first-order valence-corrected chi connectivity index (χ1v) is 28.4. The predicted octanol–water partition coefficient (Wildman–Crippen LogP) is 13.0. The molecule has 0 amide bonds. The summed E-state index contributed by atoms with van der Waals surface area (Å²) in [5.41, 5.74) is 0.779. The van der Waals surface area contributed by atoms with Gasteiger partial charge in [0, 0.05) is 44.9 Å². The molecule has 0 radical (unpaired) electrons. The van der Waals surface area contributed by atoms with Gasteiger partial charge in [0.05, 0.1) is 32.9 Å². The lowest BCUT2D eigenvalue weighted by Crippen LogP contribution is -2.37. The van der Waals surface area contributed by atoms with E-state index in [9.17, 15) is 21.6 Å². The third-order valence-corrected chi connectivity index (χ3v) is 15.9. The van der Waals surface area contributed by atoms with Gasteiger partial charge in [-0.05, 0) is 84.9 Å². The molecule has 0 spiro atoms. The van der Waals surface area contributed by atoms with E-state index >= 15 is 0 Å². The standard InChI is InChI=1S/C49H46F3N3O3SSi2/c1-60(2,3)41-27-21-37(22-28-41)53(39-25-31-44-43-19-13-14-20-45(43)55(46(44)33-39)36-17-11-8-12-18-36)40-26-32-48(58-59(56,57)49(50,51)52)47(34-40)54(35-15-9-7-10-16-35)38-23-29-42(30-24-38)61(4,5)6/h7-34H,1-6H3. The van der Waals surface area contributed by atoms with Gasteiger partial charge in [-0.25, -0.2) is 0 Å². The average Bonchev–Trinajstić information content (AvgIpc) is 3.55. The third-order valence-electron chi connectivity index (χ3n) is 10.9. The highest BCUT2D eigenvalue weighted by atomic mass is 32.2. The summed E-state index contributed by atoms with van der Waals surface area (Å²) in [5.74, 6) is -0.479. The summed E-state index contributed by atoms with van der Waals surface area (Å²) >= 11 is 0. The summed E-state index contributed by atoms with van der Waals surface area (Å²) in [6.07, 6.45) is 0. The van der Waals surface area contributed by atoms with Crippen LogP contribution in [0.4, 0.5) is 47.3 Å².